The van der Waals surface area contributed by atoms with Crippen LogP contribution in [0.1, 0.15) is 11.1 Å². The predicted octanol–water partition coefficient (Wildman–Crippen LogP) is 0.987. The summed E-state index contributed by atoms with van der Waals surface area (Å²) in [6.45, 7) is 0.599. The van der Waals surface area contributed by atoms with E-state index in [2.05, 4.69) is 4.74 Å². The maximum absolute atomic E-state index is 10.4. The third kappa shape index (κ3) is 3.26. The first-order valence-electron chi connectivity index (χ1n) is 4.07. The summed E-state index contributed by atoms with van der Waals surface area (Å²) in [6, 6.07) is 6.89. The molecule has 0 aliphatic carbocycles. The Balaban J connectivity index is 2.58. The first-order valence-corrected chi connectivity index (χ1v) is 4.07. The maximum atomic E-state index is 10.4. The molecule has 1 N–H and O–H groups in total. The first-order chi connectivity index (χ1) is 6.72. The van der Waals surface area contributed by atoms with Crippen LogP contribution in [0.2, 0.25) is 0 Å². The van der Waals surface area contributed by atoms with Crippen molar-refractivity contribution in [1.82, 2.24) is 0 Å². The van der Waals surface area contributed by atoms with Crippen molar-refractivity contribution in [3.8, 4) is 0 Å². The molecule has 0 bridgehead atoms. The second-order valence-electron chi connectivity index (χ2n) is 2.79. The lowest BCUT2D eigenvalue weighted by Gasteiger charge is -2.00. The number of benzene rings is 1. The Labute approximate surface area is 81.1 Å². The Morgan fingerprint density at radius 2 is 1.86 bits per heavy atom. The minimum absolute atomic E-state index is 0.00875. The molecule has 0 saturated heterocycles. The van der Waals surface area contributed by atoms with Gasteiger partial charge in [0.05, 0.1) is 6.42 Å². The summed E-state index contributed by atoms with van der Waals surface area (Å²) < 4.78 is 4.54. The minimum Gasteiger partial charge on any atom is -0.481 e. The summed E-state index contributed by atoms with van der Waals surface area (Å²) in [4.78, 5) is 20.2. The Morgan fingerprint density at radius 3 is 2.36 bits per heavy atom. The summed E-state index contributed by atoms with van der Waals surface area (Å²) in [5.41, 5.74) is 1.57. The van der Waals surface area contributed by atoms with E-state index < -0.39 is 5.97 Å². The third-order valence-electron chi connectivity index (χ3n) is 1.70. The maximum Gasteiger partial charge on any atom is 0.307 e. The quantitative estimate of drug-likeness (QED) is 0.710. The first kappa shape index (κ1) is 10.2. The summed E-state index contributed by atoms with van der Waals surface area (Å²) >= 11 is 0. The second-order valence-corrected chi connectivity index (χ2v) is 2.79. The lowest BCUT2D eigenvalue weighted by atomic mass is 10.1. The standard InChI is InChI=1S/C10H10O4/c11-7-14-6-9-3-1-8(2-4-9)5-10(12)13/h1-4,7H,5-6H2,(H,12,13). The molecule has 0 radical (unpaired) electrons. The van der Waals surface area contributed by atoms with Crippen LogP contribution in [0.4, 0.5) is 0 Å². The van der Waals surface area contributed by atoms with Gasteiger partial charge in [-0.15, -0.1) is 0 Å². The highest BCUT2D eigenvalue weighted by Gasteiger charge is 1.99. The van der Waals surface area contributed by atoms with Gasteiger partial charge in [-0.2, -0.15) is 0 Å². The van der Waals surface area contributed by atoms with Crippen molar-refractivity contribution < 1.29 is 19.4 Å². The van der Waals surface area contributed by atoms with Crippen molar-refractivity contribution >= 4 is 12.4 Å². The van der Waals surface area contributed by atoms with Gasteiger partial charge in [-0.25, -0.2) is 0 Å². The van der Waals surface area contributed by atoms with E-state index in [-0.39, 0.29) is 13.0 Å². The molecule has 0 spiro atoms. The average Bonchev–Trinajstić information content (AvgIpc) is 2.16. The molecule has 1 rings (SSSR count). The van der Waals surface area contributed by atoms with Crippen molar-refractivity contribution in [1.29, 1.82) is 0 Å². The number of hydrogen-bond donors (Lipinski definition) is 1. The van der Waals surface area contributed by atoms with Crippen LogP contribution in [0.3, 0.4) is 0 Å². The van der Waals surface area contributed by atoms with E-state index in [9.17, 15) is 9.59 Å². The van der Waals surface area contributed by atoms with Crippen LogP contribution in [0.25, 0.3) is 0 Å². The van der Waals surface area contributed by atoms with Crippen molar-refractivity contribution in [2.24, 2.45) is 0 Å². The van der Waals surface area contributed by atoms with Gasteiger partial charge in [-0.05, 0) is 11.1 Å². The van der Waals surface area contributed by atoms with E-state index in [0.29, 0.717) is 6.47 Å². The van der Waals surface area contributed by atoms with E-state index in [4.69, 9.17) is 5.11 Å². The molecule has 0 amide bonds. The zero-order chi connectivity index (χ0) is 10.4. The van der Waals surface area contributed by atoms with Crippen LogP contribution < -0.4 is 0 Å². The van der Waals surface area contributed by atoms with E-state index in [1.807, 2.05) is 0 Å². The van der Waals surface area contributed by atoms with Gasteiger partial charge < -0.3 is 9.84 Å². The van der Waals surface area contributed by atoms with Gasteiger partial charge in [0.2, 0.25) is 0 Å². The molecule has 1 aromatic carbocycles. The SMILES string of the molecule is O=COCc1ccc(CC(=O)O)cc1. The number of hydrogen-bond acceptors (Lipinski definition) is 3. The summed E-state index contributed by atoms with van der Waals surface area (Å²) in [5, 5.41) is 8.51. The molecule has 0 aliphatic rings. The zero-order valence-electron chi connectivity index (χ0n) is 7.47. The van der Waals surface area contributed by atoms with E-state index in [1.54, 1.807) is 24.3 Å². The number of ether oxygens (including phenoxy) is 1. The molecule has 1 aromatic rings. The lowest BCUT2D eigenvalue weighted by molar-refractivity contribution is -0.136. The molecule has 14 heavy (non-hydrogen) atoms. The Kier molecular flexibility index (Phi) is 3.67. The second kappa shape index (κ2) is 5.01. The topological polar surface area (TPSA) is 63.6 Å². The van der Waals surface area contributed by atoms with Crippen LogP contribution >= 0.6 is 0 Å². The van der Waals surface area contributed by atoms with Gasteiger partial charge in [0, 0.05) is 0 Å². The van der Waals surface area contributed by atoms with Gasteiger partial charge in [-0.3, -0.25) is 9.59 Å². The average molecular weight is 194 g/mol. The number of aliphatic carboxylic acids is 1. The van der Waals surface area contributed by atoms with E-state index >= 15 is 0 Å². The minimum atomic E-state index is -0.859. The van der Waals surface area contributed by atoms with Gasteiger partial charge >= 0.3 is 5.97 Å². The van der Waals surface area contributed by atoms with Crippen LogP contribution in [-0.4, -0.2) is 17.5 Å². The smallest absolute Gasteiger partial charge is 0.307 e. The Morgan fingerprint density at radius 1 is 1.29 bits per heavy atom. The van der Waals surface area contributed by atoms with Crippen molar-refractivity contribution in [3.05, 3.63) is 35.4 Å². The fraction of sp³-hybridized carbons (Fsp3) is 0.200. The van der Waals surface area contributed by atoms with Crippen molar-refractivity contribution in [2.45, 2.75) is 13.0 Å². The molecule has 0 aromatic heterocycles. The Bertz CT molecular complexity index is 315. The monoisotopic (exact) mass is 194 g/mol. The highest BCUT2D eigenvalue weighted by Crippen LogP contribution is 2.06. The summed E-state index contributed by atoms with van der Waals surface area (Å²) in [6.07, 6.45) is 0.00875. The van der Waals surface area contributed by atoms with E-state index in [1.165, 1.54) is 0 Å². The van der Waals surface area contributed by atoms with Crippen molar-refractivity contribution in [3.63, 3.8) is 0 Å². The number of carbonyl (C=O) groups excluding carboxylic acids is 1. The molecular formula is C10H10O4. The van der Waals surface area contributed by atoms with Gasteiger partial charge in [0.25, 0.3) is 6.47 Å². The van der Waals surface area contributed by atoms with Crippen LogP contribution in [0.15, 0.2) is 24.3 Å². The fourth-order valence-electron chi connectivity index (χ4n) is 1.06. The molecule has 0 saturated carbocycles. The van der Waals surface area contributed by atoms with Gasteiger partial charge in [0.1, 0.15) is 6.61 Å². The predicted molar refractivity (Wildman–Crippen MR) is 48.6 cm³/mol. The lowest BCUT2D eigenvalue weighted by Crippen LogP contribution is -2.00. The number of carbonyl (C=O) groups is 2. The molecule has 0 aliphatic heterocycles. The van der Waals surface area contributed by atoms with Crippen LogP contribution in [-0.2, 0) is 27.4 Å². The van der Waals surface area contributed by atoms with Crippen molar-refractivity contribution in [2.75, 3.05) is 0 Å². The molecule has 4 heteroatoms. The summed E-state index contributed by atoms with van der Waals surface area (Å²) in [5.74, 6) is -0.859. The highest BCUT2D eigenvalue weighted by molar-refractivity contribution is 5.70. The van der Waals surface area contributed by atoms with Crippen LogP contribution in [0.5, 0.6) is 0 Å². The molecule has 0 atom stereocenters. The van der Waals surface area contributed by atoms with Gasteiger partial charge in [-0.1, -0.05) is 24.3 Å². The zero-order valence-corrected chi connectivity index (χ0v) is 7.47. The number of rotatable bonds is 5. The number of carboxylic acids is 1. The third-order valence-corrected chi connectivity index (χ3v) is 1.70. The molecule has 0 unspecified atom stereocenters. The molecule has 74 valence electrons. The molecule has 0 heterocycles. The normalized spacial score (nSPS) is 9.43. The van der Waals surface area contributed by atoms with Gasteiger partial charge in [0.15, 0.2) is 0 Å². The van der Waals surface area contributed by atoms with Crippen LogP contribution in [0, 0.1) is 0 Å². The van der Waals surface area contributed by atoms with E-state index in [0.717, 1.165) is 11.1 Å². The largest absolute Gasteiger partial charge is 0.481 e. The molecule has 4 nitrogen and oxygen atoms in total. The molecular weight excluding hydrogens is 184 g/mol. The molecule has 0 fully saturated rings. The Hall–Kier alpha value is -1.84. The highest BCUT2D eigenvalue weighted by atomic mass is 16.5. The number of carboxylic acid groups (broad SMARTS) is 1. The summed E-state index contributed by atoms with van der Waals surface area (Å²) in [7, 11) is 0. The fourth-order valence-corrected chi connectivity index (χ4v) is 1.06.